The van der Waals surface area contributed by atoms with Gasteiger partial charge in [0.15, 0.2) is 0 Å². The molecule has 0 amide bonds. The van der Waals surface area contributed by atoms with Crippen molar-refractivity contribution in [3.63, 3.8) is 0 Å². The third-order valence-electron chi connectivity index (χ3n) is 2.50. The Labute approximate surface area is 78.0 Å². The van der Waals surface area contributed by atoms with Crippen molar-refractivity contribution in [2.45, 2.75) is 26.7 Å². The Morgan fingerprint density at radius 2 is 1.85 bits per heavy atom. The van der Waals surface area contributed by atoms with Gasteiger partial charge in [-0.3, -0.25) is 0 Å². The second kappa shape index (κ2) is 3.21. The first kappa shape index (κ1) is 8.30. The van der Waals surface area contributed by atoms with E-state index >= 15 is 0 Å². The number of aryl methyl sites for hydroxylation is 2. The molecule has 2 aromatic rings. The number of nitrogens with one attached hydrogen (secondary N) is 1. The van der Waals surface area contributed by atoms with Gasteiger partial charge in [-0.1, -0.05) is 13.8 Å². The number of aromatic amines is 1. The van der Waals surface area contributed by atoms with E-state index in [0.717, 1.165) is 23.9 Å². The van der Waals surface area contributed by atoms with Crippen molar-refractivity contribution < 1.29 is 0 Å². The third kappa shape index (κ3) is 1.32. The molecule has 0 fully saturated rings. The highest BCUT2D eigenvalue weighted by Crippen LogP contribution is 2.18. The fourth-order valence-corrected chi connectivity index (χ4v) is 1.73. The molecule has 0 aliphatic heterocycles. The minimum atomic E-state index is 1.08. The Balaban J connectivity index is 2.67. The molecule has 0 aliphatic rings. The van der Waals surface area contributed by atoms with Crippen LogP contribution in [-0.4, -0.2) is 9.97 Å². The van der Waals surface area contributed by atoms with Crippen LogP contribution in [0.1, 0.15) is 25.0 Å². The second-order valence-electron chi connectivity index (χ2n) is 3.25. The van der Waals surface area contributed by atoms with Crippen molar-refractivity contribution in [3.05, 3.63) is 29.6 Å². The monoisotopic (exact) mass is 174 g/mol. The summed E-state index contributed by atoms with van der Waals surface area (Å²) in [4.78, 5) is 7.38. The van der Waals surface area contributed by atoms with E-state index in [-0.39, 0.29) is 0 Å². The molecule has 1 heterocycles. The Morgan fingerprint density at radius 3 is 2.54 bits per heavy atom. The van der Waals surface area contributed by atoms with Crippen molar-refractivity contribution in [3.8, 4) is 0 Å². The van der Waals surface area contributed by atoms with Gasteiger partial charge in [0.05, 0.1) is 17.4 Å². The summed E-state index contributed by atoms with van der Waals surface area (Å²) in [5.41, 5.74) is 5.07. The molecule has 0 atom stereocenters. The van der Waals surface area contributed by atoms with Crippen LogP contribution in [-0.2, 0) is 12.8 Å². The van der Waals surface area contributed by atoms with Gasteiger partial charge in [-0.25, -0.2) is 4.98 Å². The summed E-state index contributed by atoms with van der Waals surface area (Å²) in [5.74, 6) is 0. The van der Waals surface area contributed by atoms with Gasteiger partial charge in [0.2, 0.25) is 0 Å². The molecule has 0 radical (unpaired) electrons. The van der Waals surface area contributed by atoms with Crippen molar-refractivity contribution >= 4 is 11.0 Å². The van der Waals surface area contributed by atoms with Gasteiger partial charge in [-0.15, -0.1) is 0 Å². The Hall–Kier alpha value is -1.31. The lowest BCUT2D eigenvalue weighted by atomic mass is 10.0. The van der Waals surface area contributed by atoms with E-state index in [1.807, 2.05) is 0 Å². The van der Waals surface area contributed by atoms with Crippen LogP contribution in [0, 0.1) is 0 Å². The number of rotatable bonds is 2. The van der Waals surface area contributed by atoms with Crippen LogP contribution in [0.25, 0.3) is 11.0 Å². The quantitative estimate of drug-likeness (QED) is 0.745. The van der Waals surface area contributed by atoms with Crippen LogP contribution in [0.4, 0.5) is 0 Å². The van der Waals surface area contributed by atoms with Gasteiger partial charge in [0, 0.05) is 0 Å². The number of fused-ring (bicyclic) bond motifs is 1. The predicted molar refractivity (Wildman–Crippen MR) is 54.8 cm³/mol. The summed E-state index contributed by atoms with van der Waals surface area (Å²) in [5, 5.41) is 0. The smallest absolute Gasteiger partial charge is 0.0931 e. The van der Waals surface area contributed by atoms with E-state index in [1.54, 1.807) is 6.33 Å². The zero-order valence-corrected chi connectivity index (χ0v) is 8.09. The van der Waals surface area contributed by atoms with E-state index in [0.29, 0.717) is 0 Å². The van der Waals surface area contributed by atoms with Crippen LogP contribution in [0.2, 0.25) is 0 Å². The Morgan fingerprint density at radius 1 is 1.15 bits per heavy atom. The molecule has 2 heteroatoms. The summed E-state index contributed by atoms with van der Waals surface area (Å²) in [6, 6.07) is 4.39. The molecule has 1 aromatic carbocycles. The predicted octanol–water partition coefficient (Wildman–Crippen LogP) is 2.69. The highest BCUT2D eigenvalue weighted by atomic mass is 14.9. The summed E-state index contributed by atoms with van der Waals surface area (Å²) < 4.78 is 0. The first-order valence-corrected chi connectivity index (χ1v) is 4.80. The number of aromatic nitrogens is 2. The van der Waals surface area contributed by atoms with Gasteiger partial charge >= 0.3 is 0 Å². The van der Waals surface area contributed by atoms with E-state index in [2.05, 4.69) is 35.9 Å². The third-order valence-corrected chi connectivity index (χ3v) is 2.50. The van der Waals surface area contributed by atoms with Gasteiger partial charge in [-0.05, 0) is 36.1 Å². The summed E-state index contributed by atoms with van der Waals surface area (Å²) >= 11 is 0. The Kier molecular flexibility index (Phi) is 2.05. The number of nitrogens with zero attached hydrogens (tertiary/aromatic N) is 1. The lowest BCUT2D eigenvalue weighted by Gasteiger charge is -2.04. The zero-order chi connectivity index (χ0) is 9.26. The summed E-state index contributed by atoms with van der Waals surface area (Å²) in [7, 11) is 0. The minimum absolute atomic E-state index is 1.08. The number of hydrogen-bond donors (Lipinski definition) is 1. The largest absolute Gasteiger partial charge is 0.345 e. The van der Waals surface area contributed by atoms with Crippen LogP contribution in [0.3, 0.4) is 0 Å². The molecule has 2 nitrogen and oxygen atoms in total. The van der Waals surface area contributed by atoms with Crippen LogP contribution in [0.15, 0.2) is 18.5 Å². The van der Waals surface area contributed by atoms with Crippen molar-refractivity contribution in [2.75, 3.05) is 0 Å². The minimum Gasteiger partial charge on any atom is -0.345 e. The molecule has 0 unspecified atom stereocenters. The number of imidazole rings is 1. The fraction of sp³-hybridized carbons (Fsp3) is 0.364. The molecule has 0 saturated carbocycles. The van der Waals surface area contributed by atoms with Gasteiger partial charge in [0.25, 0.3) is 0 Å². The van der Waals surface area contributed by atoms with Crippen LogP contribution >= 0.6 is 0 Å². The summed E-state index contributed by atoms with van der Waals surface area (Å²) in [6.07, 6.45) is 3.94. The standard InChI is InChI=1S/C11H14N2/c1-3-8-5-10-11(13-7-12-10)6-9(8)4-2/h5-7H,3-4H2,1-2H3,(H,12,13). The van der Waals surface area contributed by atoms with E-state index < -0.39 is 0 Å². The number of H-pyrrole nitrogens is 1. The van der Waals surface area contributed by atoms with Crippen LogP contribution in [0.5, 0.6) is 0 Å². The molecular formula is C11H14N2. The normalized spacial score (nSPS) is 10.9. The summed E-state index contributed by atoms with van der Waals surface area (Å²) in [6.45, 7) is 4.38. The lowest BCUT2D eigenvalue weighted by molar-refractivity contribution is 1.04. The maximum Gasteiger partial charge on any atom is 0.0931 e. The molecule has 0 bridgehead atoms. The Bertz CT molecular complexity index is 377. The van der Waals surface area contributed by atoms with E-state index in [4.69, 9.17) is 0 Å². The molecular weight excluding hydrogens is 160 g/mol. The molecule has 1 N–H and O–H groups in total. The number of hydrogen-bond acceptors (Lipinski definition) is 1. The highest BCUT2D eigenvalue weighted by molar-refractivity contribution is 5.76. The van der Waals surface area contributed by atoms with Crippen molar-refractivity contribution in [1.82, 2.24) is 9.97 Å². The molecule has 0 spiro atoms. The van der Waals surface area contributed by atoms with E-state index in [1.165, 1.54) is 11.1 Å². The SMILES string of the molecule is CCc1cc2nc[nH]c2cc1CC. The van der Waals surface area contributed by atoms with Crippen molar-refractivity contribution in [2.24, 2.45) is 0 Å². The second-order valence-corrected chi connectivity index (χ2v) is 3.25. The first-order chi connectivity index (χ1) is 6.35. The zero-order valence-electron chi connectivity index (χ0n) is 8.09. The van der Waals surface area contributed by atoms with Gasteiger partial charge in [-0.2, -0.15) is 0 Å². The average molecular weight is 174 g/mol. The molecule has 2 rings (SSSR count). The number of benzene rings is 1. The van der Waals surface area contributed by atoms with Crippen LogP contribution < -0.4 is 0 Å². The average Bonchev–Trinajstić information content (AvgIpc) is 2.62. The molecule has 0 aliphatic carbocycles. The topological polar surface area (TPSA) is 28.7 Å². The molecule has 68 valence electrons. The fourth-order valence-electron chi connectivity index (χ4n) is 1.73. The lowest BCUT2D eigenvalue weighted by Crippen LogP contribution is -1.90. The van der Waals surface area contributed by atoms with Gasteiger partial charge < -0.3 is 4.98 Å². The van der Waals surface area contributed by atoms with Gasteiger partial charge in [0.1, 0.15) is 0 Å². The maximum atomic E-state index is 4.25. The molecule has 0 saturated heterocycles. The highest BCUT2D eigenvalue weighted by Gasteiger charge is 2.02. The first-order valence-electron chi connectivity index (χ1n) is 4.80. The molecule has 1 aromatic heterocycles. The van der Waals surface area contributed by atoms with Crippen molar-refractivity contribution in [1.29, 1.82) is 0 Å². The van der Waals surface area contributed by atoms with E-state index in [9.17, 15) is 0 Å². The maximum absolute atomic E-state index is 4.25. The molecule has 13 heavy (non-hydrogen) atoms.